The molecule has 0 spiro atoms. The molecule has 0 aromatic rings. The van der Waals surface area contributed by atoms with Crippen molar-refractivity contribution in [2.24, 2.45) is 5.41 Å². The number of carbonyl (C=O) groups excluding carboxylic acids is 4. The lowest BCUT2D eigenvalue weighted by atomic mass is 9.85. The van der Waals surface area contributed by atoms with Crippen LogP contribution in [-0.4, -0.2) is 143 Å². The van der Waals surface area contributed by atoms with Crippen LogP contribution in [0, 0.1) is 5.41 Å². The molecule has 5 unspecified atom stereocenters. The summed E-state index contributed by atoms with van der Waals surface area (Å²) < 4.78 is 38.2. The lowest BCUT2D eigenvalue weighted by molar-refractivity contribution is -0.557. The molecular formula is C33H52O16. The Bertz CT molecular complexity index is 1140. The van der Waals surface area contributed by atoms with E-state index in [0.29, 0.717) is 0 Å². The van der Waals surface area contributed by atoms with Crippen LogP contribution in [0.1, 0.15) is 27.7 Å². The van der Waals surface area contributed by atoms with Crippen LogP contribution >= 0.6 is 0 Å². The highest BCUT2D eigenvalue weighted by atomic mass is 17.3. The van der Waals surface area contributed by atoms with Gasteiger partial charge in [0.2, 0.25) is 0 Å². The summed E-state index contributed by atoms with van der Waals surface area (Å²) in [6.45, 7) is 14.6. The third-order valence-corrected chi connectivity index (χ3v) is 7.28. The Morgan fingerprint density at radius 2 is 0.878 bits per heavy atom. The number of Topliss-reactive ketones (excluding diaryl/α,β-unsaturated/α-hetero) is 4. The largest absolute Gasteiger partial charge is 0.395 e. The maximum Gasteiger partial charge on any atom is 0.327 e. The Morgan fingerprint density at radius 3 is 1.16 bits per heavy atom. The first-order valence-corrected chi connectivity index (χ1v) is 14.9. The molecule has 0 aromatic heterocycles. The molecule has 16 nitrogen and oxygen atoms in total. The maximum absolute atomic E-state index is 12.8. The quantitative estimate of drug-likeness (QED) is 0.0420. The summed E-state index contributed by atoms with van der Waals surface area (Å²) in [4.78, 5) is 61.7. The third-order valence-electron chi connectivity index (χ3n) is 7.28. The predicted molar refractivity (Wildman–Crippen MR) is 173 cm³/mol. The van der Waals surface area contributed by atoms with Gasteiger partial charge in [-0.15, -0.1) is 0 Å². The smallest absolute Gasteiger partial charge is 0.327 e. The molecule has 3 N–H and O–H groups in total. The molecule has 280 valence electrons. The van der Waals surface area contributed by atoms with Crippen molar-refractivity contribution in [2.75, 3.05) is 68.1 Å². The van der Waals surface area contributed by atoms with E-state index in [0.717, 1.165) is 0 Å². The lowest BCUT2D eigenvalue weighted by Gasteiger charge is -2.47. The van der Waals surface area contributed by atoms with Crippen molar-refractivity contribution in [3.8, 4) is 0 Å². The summed E-state index contributed by atoms with van der Waals surface area (Å²) in [5.74, 6) is -5.45. The van der Waals surface area contributed by atoms with Crippen molar-refractivity contribution in [3.63, 3.8) is 0 Å². The number of methoxy groups -OCH3 is 4. The average Bonchev–Trinajstić information content (AvgIpc) is 3.07. The SMILES string of the molecule is C=C(C)C(=O)C(COOC(OCC(OC)C(=O)C(=C)C)(OCC(OC)C(=O)C(=C)C)C(CO)(CO)C(O)OCC(OC)C(=O)C(=C)C)OC. The van der Waals surface area contributed by atoms with E-state index in [9.17, 15) is 34.5 Å². The molecule has 49 heavy (non-hydrogen) atoms. The van der Waals surface area contributed by atoms with Gasteiger partial charge in [-0.3, -0.25) is 19.2 Å². The molecule has 0 aliphatic heterocycles. The minimum atomic E-state index is -3.03. The van der Waals surface area contributed by atoms with Crippen molar-refractivity contribution in [2.45, 2.75) is 64.4 Å². The van der Waals surface area contributed by atoms with E-state index in [4.69, 9.17) is 42.9 Å². The van der Waals surface area contributed by atoms with Gasteiger partial charge in [0.25, 0.3) is 0 Å². The van der Waals surface area contributed by atoms with E-state index in [2.05, 4.69) is 26.3 Å². The summed E-state index contributed by atoms with van der Waals surface area (Å²) in [5.41, 5.74) is -2.29. The number of ether oxygens (including phenoxy) is 7. The monoisotopic (exact) mass is 704 g/mol. The molecule has 0 heterocycles. The van der Waals surface area contributed by atoms with Crippen molar-refractivity contribution >= 4 is 23.1 Å². The van der Waals surface area contributed by atoms with Gasteiger partial charge in [0.15, 0.2) is 34.8 Å². The van der Waals surface area contributed by atoms with Crippen LogP contribution in [0.5, 0.6) is 0 Å². The number of aliphatic hydroxyl groups excluding tert-OH is 3. The molecule has 0 saturated heterocycles. The normalized spacial score (nSPS) is 16.1. The first-order valence-electron chi connectivity index (χ1n) is 14.9. The molecule has 0 aliphatic rings. The van der Waals surface area contributed by atoms with Crippen LogP contribution in [-0.2, 0) is 62.1 Å². The molecule has 0 saturated carbocycles. The molecular weight excluding hydrogens is 652 g/mol. The molecule has 0 aromatic carbocycles. The number of aliphatic hydroxyl groups is 3. The van der Waals surface area contributed by atoms with E-state index in [1.165, 1.54) is 56.1 Å². The standard InChI is InChI=1S/C33H52O16/c1-19(2)27(36)23(41-9)13-45-31(40)32(17-34,18-35)33(46-14-24(42-10)28(37)20(3)4,47-15-25(43-11)29(38)21(5)6)49-48-16-26(44-12)30(39)22(7)8/h23-26,31,34-35,40H,1,3,5,7,13-18H2,2,4,6,8-12H3. The molecule has 0 fully saturated rings. The summed E-state index contributed by atoms with van der Waals surface area (Å²) in [6.07, 6.45) is -7.71. The first-order chi connectivity index (χ1) is 22.9. The molecule has 0 rings (SSSR count). The molecule has 0 bridgehead atoms. The van der Waals surface area contributed by atoms with E-state index in [-0.39, 0.29) is 22.3 Å². The predicted octanol–water partition coefficient (Wildman–Crippen LogP) is 0.568. The minimum Gasteiger partial charge on any atom is -0.395 e. The average molecular weight is 705 g/mol. The summed E-state index contributed by atoms with van der Waals surface area (Å²) in [6, 6.07) is 0. The molecule has 0 amide bonds. The van der Waals surface area contributed by atoms with Crippen LogP contribution in [0.25, 0.3) is 0 Å². The number of ketones is 4. The van der Waals surface area contributed by atoms with Crippen LogP contribution in [0.4, 0.5) is 0 Å². The van der Waals surface area contributed by atoms with E-state index >= 15 is 0 Å². The second-order valence-electron chi connectivity index (χ2n) is 11.2. The van der Waals surface area contributed by atoms with Gasteiger partial charge in [-0.05, 0) is 50.0 Å². The minimum absolute atomic E-state index is 0.0682. The Hall–Kier alpha value is -2.84. The molecule has 5 atom stereocenters. The molecule has 0 aliphatic carbocycles. The second kappa shape index (κ2) is 22.1. The summed E-state index contributed by atoms with van der Waals surface area (Å²) in [7, 11) is 4.77. The van der Waals surface area contributed by atoms with Crippen LogP contribution in [0.15, 0.2) is 48.6 Å². The van der Waals surface area contributed by atoms with Gasteiger partial charge in [0.1, 0.15) is 31.0 Å². The Balaban J connectivity index is 7.33. The maximum atomic E-state index is 12.8. The highest BCUT2D eigenvalue weighted by Crippen LogP contribution is 2.42. The van der Waals surface area contributed by atoms with E-state index in [1.807, 2.05) is 0 Å². The van der Waals surface area contributed by atoms with Gasteiger partial charge >= 0.3 is 5.97 Å². The van der Waals surface area contributed by atoms with Crippen molar-refractivity contribution in [3.05, 3.63) is 48.6 Å². The van der Waals surface area contributed by atoms with Crippen LogP contribution in [0.3, 0.4) is 0 Å². The van der Waals surface area contributed by atoms with Gasteiger partial charge in [-0.25, -0.2) is 4.89 Å². The van der Waals surface area contributed by atoms with E-state index in [1.54, 1.807) is 0 Å². The zero-order valence-corrected chi connectivity index (χ0v) is 29.6. The lowest BCUT2D eigenvalue weighted by Crippen LogP contribution is -2.65. The molecule has 16 heteroatoms. The van der Waals surface area contributed by atoms with Crippen LogP contribution in [0.2, 0.25) is 0 Å². The summed E-state index contributed by atoms with van der Waals surface area (Å²) >= 11 is 0. The third kappa shape index (κ3) is 12.5. The van der Waals surface area contributed by atoms with Crippen molar-refractivity contribution in [1.82, 2.24) is 0 Å². The second-order valence-corrected chi connectivity index (χ2v) is 11.2. The van der Waals surface area contributed by atoms with E-state index < -0.39 is 105 Å². The fourth-order valence-corrected chi connectivity index (χ4v) is 4.00. The zero-order chi connectivity index (χ0) is 38.1. The number of hydrogen-bond donors (Lipinski definition) is 3. The number of hydrogen-bond acceptors (Lipinski definition) is 16. The summed E-state index contributed by atoms with van der Waals surface area (Å²) in [5, 5.41) is 33.1. The van der Waals surface area contributed by atoms with Gasteiger partial charge in [0.05, 0.1) is 33.0 Å². The van der Waals surface area contributed by atoms with Crippen molar-refractivity contribution < 1.29 is 77.4 Å². The Morgan fingerprint density at radius 1 is 0.571 bits per heavy atom. The topological polar surface area (TPSA) is 212 Å². The van der Waals surface area contributed by atoms with Crippen molar-refractivity contribution in [1.29, 1.82) is 0 Å². The fraction of sp³-hybridized carbons (Fsp3) is 0.636. The number of carbonyl (C=O) groups is 4. The number of rotatable bonds is 29. The van der Waals surface area contributed by atoms with Gasteiger partial charge < -0.3 is 48.5 Å². The van der Waals surface area contributed by atoms with Gasteiger partial charge in [-0.1, -0.05) is 26.3 Å². The highest BCUT2D eigenvalue weighted by Gasteiger charge is 2.63. The Labute approximate surface area is 287 Å². The first kappa shape index (κ1) is 46.2. The Kier molecular flexibility index (Phi) is 20.8. The zero-order valence-electron chi connectivity index (χ0n) is 29.6. The van der Waals surface area contributed by atoms with Gasteiger partial charge in [-0.2, -0.15) is 4.89 Å². The molecule has 0 radical (unpaired) electrons. The van der Waals surface area contributed by atoms with Gasteiger partial charge in [0, 0.05) is 28.4 Å². The highest BCUT2D eigenvalue weighted by molar-refractivity contribution is 5.99. The van der Waals surface area contributed by atoms with Crippen LogP contribution < -0.4 is 0 Å². The fourth-order valence-electron chi connectivity index (χ4n) is 4.00.